The molecule has 0 saturated carbocycles. The Morgan fingerprint density at radius 1 is 1.46 bits per heavy atom. The fourth-order valence-electron chi connectivity index (χ4n) is 1.06. The second-order valence-corrected chi connectivity index (χ2v) is 3.19. The number of anilines is 1. The predicted molar refractivity (Wildman–Crippen MR) is 52.5 cm³/mol. The summed E-state index contributed by atoms with van der Waals surface area (Å²) in [4.78, 5) is 0. The minimum absolute atomic E-state index is 0.0339. The molecule has 72 valence electrons. The highest BCUT2D eigenvalue weighted by Crippen LogP contribution is 2.20. The van der Waals surface area contributed by atoms with Gasteiger partial charge >= 0.3 is 0 Å². The van der Waals surface area contributed by atoms with Crippen LogP contribution in [0.3, 0.4) is 0 Å². The van der Waals surface area contributed by atoms with Crippen molar-refractivity contribution >= 4 is 5.69 Å². The third kappa shape index (κ3) is 2.63. The van der Waals surface area contributed by atoms with Gasteiger partial charge in [0, 0.05) is 17.3 Å². The van der Waals surface area contributed by atoms with Gasteiger partial charge in [-0.15, -0.1) is 0 Å². The molecule has 1 rings (SSSR count). The van der Waals surface area contributed by atoms with Crippen LogP contribution in [-0.4, -0.2) is 11.2 Å². The Morgan fingerprint density at radius 2 is 2.15 bits per heavy atom. The van der Waals surface area contributed by atoms with Gasteiger partial charge in [-0.05, 0) is 19.9 Å². The SMILES string of the molecule is CC(C)Oc1ccc(CO)c(N)c1. The van der Waals surface area contributed by atoms with E-state index in [1.807, 2.05) is 19.9 Å². The van der Waals surface area contributed by atoms with E-state index < -0.39 is 0 Å². The van der Waals surface area contributed by atoms with E-state index >= 15 is 0 Å². The van der Waals surface area contributed by atoms with Crippen LogP contribution >= 0.6 is 0 Å². The van der Waals surface area contributed by atoms with Crippen molar-refractivity contribution in [3.05, 3.63) is 23.8 Å². The minimum atomic E-state index is -0.0339. The molecule has 0 fully saturated rings. The Balaban J connectivity index is 2.83. The fraction of sp³-hybridized carbons (Fsp3) is 0.400. The fourth-order valence-corrected chi connectivity index (χ4v) is 1.06. The van der Waals surface area contributed by atoms with Gasteiger partial charge in [-0.25, -0.2) is 0 Å². The molecule has 1 aromatic rings. The quantitative estimate of drug-likeness (QED) is 0.695. The Labute approximate surface area is 78.1 Å². The van der Waals surface area contributed by atoms with E-state index in [2.05, 4.69) is 0 Å². The lowest BCUT2D eigenvalue weighted by molar-refractivity contribution is 0.242. The number of nitrogens with two attached hydrogens (primary N) is 1. The Kier molecular flexibility index (Phi) is 3.14. The zero-order valence-corrected chi connectivity index (χ0v) is 7.95. The summed E-state index contributed by atoms with van der Waals surface area (Å²) in [6.07, 6.45) is 0.138. The van der Waals surface area contributed by atoms with Crippen LogP contribution in [0.4, 0.5) is 5.69 Å². The summed E-state index contributed by atoms with van der Waals surface area (Å²) in [6, 6.07) is 5.31. The van der Waals surface area contributed by atoms with Crippen molar-refractivity contribution in [1.82, 2.24) is 0 Å². The largest absolute Gasteiger partial charge is 0.491 e. The number of nitrogen functional groups attached to an aromatic ring is 1. The summed E-state index contributed by atoms with van der Waals surface area (Å²) in [5.74, 6) is 0.740. The van der Waals surface area contributed by atoms with E-state index in [-0.39, 0.29) is 12.7 Å². The number of aliphatic hydroxyl groups is 1. The van der Waals surface area contributed by atoms with Crippen molar-refractivity contribution in [3.63, 3.8) is 0 Å². The van der Waals surface area contributed by atoms with Crippen LogP contribution in [0.5, 0.6) is 5.75 Å². The first-order chi connectivity index (χ1) is 6.13. The van der Waals surface area contributed by atoms with E-state index in [1.165, 1.54) is 0 Å². The second kappa shape index (κ2) is 4.14. The molecule has 0 aliphatic carbocycles. The Hall–Kier alpha value is -1.22. The van der Waals surface area contributed by atoms with Gasteiger partial charge in [0.15, 0.2) is 0 Å². The van der Waals surface area contributed by atoms with Gasteiger partial charge in [-0.3, -0.25) is 0 Å². The molecule has 0 radical (unpaired) electrons. The number of ether oxygens (including phenoxy) is 1. The smallest absolute Gasteiger partial charge is 0.121 e. The van der Waals surface area contributed by atoms with Crippen LogP contribution in [0.1, 0.15) is 19.4 Å². The topological polar surface area (TPSA) is 55.5 Å². The minimum Gasteiger partial charge on any atom is -0.491 e. The average Bonchev–Trinajstić information content (AvgIpc) is 2.03. The summed E-state index contributed by atoms with van der Waals surface area (Å²) in [5, 5.41) is 8.87. The summed E-state index contributed by atoms with van der Waals surface area (Å²) < 4.78 is 5.43. The second-order valence-electron chi connectivity index (χ2n) is 3.19. The molecule has 0 spiro atoms. The van der Waals surface area contributed by atoms with Gasteiger partial charge in [0.2, 0.25) is 0 Å². The molecule has 0 unspecified atom stereocenters. The van der Waals surface area contributed by atoms with Gasteiger partial charge in [0.1, 0.15) is 5.75 Å². The molecular formula is C10H15NO2. The first-order valence-electron chi connectivity index (χ1n) is 4.29. The number of rotatable bonds is 3. The maximum atomic E-state index is 8.87. The molecule has 0 heterocycles. The van der Waals surface area contributed by atoms with Crippen LogP contribution < -0.4 is 10.5 Å². The molecule has 0 aliphatic rings. The summed E-state index contributed by atoms with van der Waals surface area (Å²) in [5.41, 5.74) is 6.97. The molecule has 3 nitrogen and oxygen atoms in total. The predicted octanol–water partition coefficient (Wildman–Crippen LogP) is 1.55. The number of hydrogen-bond acceptors (Lipinski definition) is 3. The van der Waals surface area contributed by atoms with Gasteiger partial charge in [-0.1, -0.05) is 6.07 Å². The molecule has 0 amide bonds. The van der Waals surface area contributed by atoms with Gasteiger partial charge in [-0.2, -0.15) is 0 Å². The van der Waals surface area contributed by atoms with Crippen molar-refractivity contribution in [1.29, 1.82) is 0 Å². The highest BCUT2D eigenvalue weighted by atomic mass is 16.5. The average molecular weight is 181 g/mol. The lowest BCUT2D eigenvalue weighted by Crippen LogP contribution is -2.06. The monoisotopic (exact) mass is 181 g/mol. The normalized spacial score (nSPS) is 10.5. The molecule has 3 N–H and O–H groups in total. The molecule has 0 atom stereocenters. The maximum absolute atomic E-state index is 8.87. The molecule has 0 bridgehead atoms. The van der Waals surface area contributed by atoms with Crippen LogP contribution in [-0.2, 0) is 6.61 Å². The van der Waals surface area contributed by atoms with E-state index in [4.69, 9.17) is 15.6 Å². The zero-order valence-electron chi connectivity index (χ0n) is 7.95. The lowest BCUT2D eigenvalue weighted by atomic mass is 10.2. The molecular weight excluding hydrogens is 166 g/mol. The number of benzene rings is 1. The van der Waals surface area contributed by atoms with E-state index in [1.54, 1.807) is 12.1 Å². The van der Waals surface area contributed by atoms with Crippen molar-refractivity contribution in [2.24, 2.45) is 0 Å². The first kappa shape index (κ1) is 9.86. The van der Waals surface area contributed by atoms with Crippen LogP contribution in [0.15, 0.2) is 18.2 Å². The molecule has 13 heavy (non-hydrogen) atoms. The Bertz CT molecular complexity index is 284. The van der Waals surface area contributed by atoms with Crippen LogP contribution in [0.25, 0.3) is 0 Å². The third-order valence-corrected chi connectivity index (χ3v) is 1.66. The van der Waals surface area contributed by atoms with Crippen LogP contribution in [0.2, 0.25) is 0 Å². The molecule has 1 aromatic carbocycles. The molecule has 0 aliphatic heterocycles. The Morgan fingerprint density at radius 3 is 2.62 bits per heavy atom. The van der Waals surface area contributed by atoms with Crippen molar-refractivity contribution < 1.29 is 9.84 Å². The van der Waals surface area contributed by atoms with Gasteiger partial charge in [0.05, 0.1) is 12.7 Å². The molecule has 0 aromatic heterocycles. The highest BCUT2D eigenvalue weighted by Gasteiger charge is 2.01. The first-order valence-corrected chi connectivity index (χ1v) is 4.29. The van der Waals surface area contributed by atoms with E-state index in [9.17, 15) is 0 Å². The van der Waals surface area contributed by atoms with Crippen molar-refractivity contribution in [2.45, 2.75) is 26.6 Å². The zero-order chi connectivity index (χ0) is 9.84. The summed E-state index contributed by atoms with van der Waals surface area (Å²) in [6.45, 7) is 3.88. The molecule has 0 saturated heterocycles. The highest BCUT2D eigenvalue weighted by molar-refractivity contribution is 5.51. The number of hydrogen-bond donors (Lipinski definition) is 2. The molecule has 3 heteroatoms. The summed E-state index contributed by atoms with van der Waals surface area (Å²) >= 11 is 0. The van der Waals surface area contributed by atoms with Crippen molar-refractivity contribution in [2.75, 3.05) is 5.73 Å². The van der Waals surface area contributed by atoms with Gasteiger partial charge < -0.3 is 15.6 Å². The van der Waals surface area contributed by atoms with Crippen LogP contribution in [0, 0.1) is 0 Å². The van der Waals surface area contributed by atoms with E-state index in [0.29, 0.717) is 5.69 Å². The van der Waals surface area contributed by atoms with Gasteiger partial charge in [0.25, 0.3) is 0 Å². The van der Waals surface area contributed by atoms with Crippen molar-refractivity contribution in [3.8, 4) is 5.75 Å². The standard InChI is InChI=1S/C10H15NO2/c1-7(2)13-9-4-3-8(6-12)10(11)5-9/h3-5,7,12H,6,11H2,1-2H3. The summed E-state index contributed by atoms with van der Waals surface area (Å²) in [7, 11) is 0. The maximum Gasteiger partial charge on any atom is 0.121 e. The van der Waals surface area contributed by atoms with E-state index in [0.717, 1.165) is 11.3 Å². The lowest BCUT2D eigenvalue weighted by Gasteiger charge is -2.11. The number of aliphatic hydroxyl groups excluding tert-OH is 1. The third-order valence-electron chi connectivity index (χ3n) is 1.66.